The van der Waals surface area contributed by atoms with Crippen LogP contribution in [0.4, 0.5) is 5.82 Å². The smallest absolute Gasteiger partial charge is 0.315 e. The third kappa shape index (κ3) is 5.13. The molecule has 0 aliphatic carbocycles. The standard InChI is InChI=1S/C17H21N3O3S/c1-4-23-17(22)11-24-10-16(21)18-15-9-13(3)19-20(15)14-7-5-12(2)6-8-14/h5-9H,4,10-11H2,1-3H3,(H,18,21). The van der Waals surface area contributed by atoms with Crippen molar-refractivity contribution in [2.45, 2.75) is 20.8 Å². The second-order valence-corrected chi connectivity index (χ2v) is 6.25. The lowest BCUT2D eigenvalue weighted by atomic mass is 10.2. The Labute approximate surface area is 145 Å². The van der Waals surface area contributed by atoms with Crippen molar-refractivity contribution >= 4 is 29.5 Å². The van der Waals surface area contributed by atoms with Crippen molar-refractivity contribution < 1.29 is 14.3 Å². The summed E-state index contributed by atoms with van der Waals surface area (Å²) < 4.78 is 6.52. The van der Waals surface area contributed by atoms with Crippen LogP contribution in [0.15, 0.2) is 30.3 Å². The number of hydrogen-bond donors (Lipinski definition) is 1. The van der Waals surface area contributed by atoms with Gasteiger partial charge in [-0.25, -0.2) is 4.68 Å². The molecule has 0 saturated heterocycles. The molecule has 0 fully saturated rings. The summed E-state index contributed by atoms with van der Waals surface area (Å²) in [4.78, 5) is 23.3. The number of carbonyl (C=O) groups excluding carboxylic acids is 2. The van der Waals surface area contributed by atoms with E-state index in [0.29, 0.717) is 12.4 Å². The second kappa shape index (κ2) is 8.54. The average molecular weight is 347 g/mol. The van der Waals surface area contributed by atoms with Crippen LogP contribution in [0.25, 0.3) is 5.69 Å². The van der Waals surface area contributed by atoms with Crippen LogP contribution < -0.4 is 5.32 Å². The van der Waals surface area contributed by atoms with Crippen LogP contribution in [-0.2, 0) is 14.3 Å². The van der Waals surface area contributed by atoms with Crippen LogP contribution in [0, 0.1) is 13.8 Å². The Kier molecular flexibility index (Phi) is 6.43. The molecule has 1 N–H and O–H groups in total. The average Bonchev–Trinajstić information content (AvgIpc) is 2.88. The highest BCUT2D eigenvalue weighted by molar-refractivity contribution is 8.00. The number of aryl methyl sites for hydroxylation is 2. The Balaban J connectivity index is 1.98. The molecule has 1 amide bonds. The summed E-state index contributed by atoms with van der Waals surface area (Å²) in [6, 6.07) is 9.70. The molecule has 1 aromatic carbocycles. The van der Waals surface area contributed by atoms with Crippen LogP contribution in [-0.4, -0.2) is 39.8 Å². The van der Waals surface area contributed by atoms with Crippen molar-refractivity contribution in [2.24, 2.45) is 0 Å². The quantitative estimate of drug-likeness (QED) is 0.780. The highest BCUT2D eigenvalue weighted by Gasteiger charge is 2.12. The molecule has 7 heteroatoms. The number of aromatic nitrogens is 2. The highest BCUT2D eigenvalue weighted by atomic mass is 32.2. The predicted octanol–water partition coefficient (Wildman–Crippen LogP) is 2.72. The second-order valence-electron chi connectivity index (χ2n) is 5.26. The minimum absolute atomic E-state index is 0.164. The van der Waals surface area contributed by atoms with Crippen molar-refractivity contribution in [3.63, 3.8) is 0 Å². The van der Waals surface area contributed by atoms with E-state index in [1.165, 1.54) is 11.8 Å². The maximum Gasteiger partial charge on any atom is 0.315 e. The number of nitrogens with one attached hydrogen (secondary N) is 1. The summed E-state index contributed by atoms with van der Waals surface area (Å²) in [5.74, 6) is 0.459. The van der Waals surface area contributed by atoms with Crippen molar-refractivity contribution in [1.82, 2.24) is 9.78 Å². The summed E-state index contributed by atoms with van der Waals surface area (Å²) in [5.41, 5.74) is 2.84. The number of hydrogen-bond acceptors (Lipinski definition) is 5. The Bertz CT molecular complexity index is 710. The number of thioether (sulfide) groups is 1. The first kappa shape index (κ1) is 18.1. The lowest BCUT2D eigenvalue weighted by molar-refractivity contribution is -0.139. The molecule has 0 atom stereocenters. The molecule has 0 aliphatic heterocycles. The summed E-state index contributed by atoms with van der Waals surface area (Å²) in [7, 11) is 0. The predicted molar refractivity (Wildman–Crippen MR) is 95.6 cm³/mol. The van der Waals surface area contributed by atoms with Crippen LogP contribution in [0.5, 0.6) is 0 Å². The molecule has 0 radical (unpaired) electrons. The fourth-order valence-corrected chi connectivity index (χ4v) is 2.69. The molecule has 0 bridgehead atoms. The van der Waals surface area contributed by atoms with Gasteiger partial charge in [-0.1, -0.05) is 17.7 Å². The number of esters is 1. The first-order valence-corrected chi connectivity index (χ1v) is 8.82. The SMILES string of the molecule is CCOC(=O)CSCC(=O)Nc1cc(C)nn1-c1ccc(C)cc1. The fourth-order valence-electron chi connectivity index (χ4n) is 2.08. The number of ether oxygens (including phenoxy) is 1. The van der Waals surface area contributed by atoms with Gasteiger partial charge in [0.1, 0.15) is 5.82 Å². The maximum atomic E-state index is 12.1. The van der Waals surface area contributed by atoms with Gasteiger partial charge >= 0.3 is 5.97 Å². The van der Waals surface area contributed by atoms with Gasteiger partial charge in [-0.3, -0.25) is 9.59 Å². The lowest BCUT2D eigenvalue weighted by Gasteiger charge is -2.09. The minimum atomic E-state index is -0.309. The van der Waals surface area contributed by atoms with Gasteiger partial charge in [0.25, 0.3) is 0 Å². The molecule has 128 valence electrons. The fraction of sp³-hybridized carbons (Fsp3) is 0.353. The Hall–Kier alpha value is -2.28. The maximum absolute atomic E-state index is 12.1. The van der Waals surface area contributed by atoms with Gasteiger partial charge in [0.2, 0.25) is 5.91 Å². The van der Waals surface area contributed by atoms with Crippen molar-refractivity contribution in [3.05, 3.63) is 41.6 Å². The largest absolute Gasteiger partial charge is 0.465 e. The first-order chi connectivity index (χ1) is 11.5. The molecule has 0 spiro atoms. The van der Waals surface area contributed by atoms with Crippen molar-refractivity contribution in [3.8, 4) is 5.69 Å². The zero-order valence-electron chi connectivity index (χ0n) is 14.0. The van der Waals surface area contributed by atoms with Gasteiger partial charge in [0.05, 0.1) is 29.5 Å². The lowest BCUT2D eigenvalue weighted by Crippen LogP contribution is -2.18. The van der Waals surface area contributed by atoms with Gasteiger partial charge in [0.15, 0.2) is 0 Å². The molecule has 0 saturated carbocycles. The van der Waals surface area contributed by atoms with Crippen molar-refractivity contribution in [2.75, 3.05) is 23.4 Å². The van der Waals surface area contributed by atoms with E-state index in [1.54, 1.807) is 11.6 Å². The summed E-state index contributed by atoms with van der Waals surface area (Å²) in [6.45, 7) is 5.99. The van der Waals surface area contributed by atoms with E-state index in [0.717, 1.165) is 16.9 Å². The van der Waals surface area contributed by atoms with Gasteiger partial charge in [0, 0.05) is 6.07 Å². The molecule has 6 nitrogen and oxygen atoms in total. The Morgan fingerprint density at radius 3 is 2.58 bits per heavy atom. The van der Waals surface area contributed by atoms with Crippen LogP contribution >= 0.6 is 11.8 Å². The minimum Gasteiger partial charge on any atom is -0.465 e. The van der Waals surface area contributed by atoms with Gasteiger partial charge < -0.3 is 10.1 Å². The number of amides is 1. The monoisotopic (exact) mass is 347 g/mol. The van der Waals surface area contributed by atoms with Gasteiger partial charge in [-0.2, -0.15) is 5.10 Å². The van der Waals surface area contributed by atoms with E-state index in [2.05, 4.69) is 10.4 Å². The number of anilines is 1. The molecule has 0 unspecified atom stereocenters. The topological polar surface area (TPSA) is 73.2 Å². The Morgan fingerprint density at radius 2 is 1.92 bits per heavy atom. The van der Waals surface area contributed by atoms with E-state index < -0.39 is 0 Å². The van der Waals surface area contributed by atoms with Crippen LogP contribution in [0.3, 0.4) is 0 Å². The van der Waals surface area contributed by atoms with Gasteiger partial charge in [-0.15, -0.1) is 11.8 Å². The molecule has 2 rings (SSSR count). The number of nitrogens with zero attached hydrogens (tertiary/aromatic N) is 2. The molecule has 24 heavy (non-hydrogen) atoms. The summed E-state index contributed by atoms with van der Waals surface area (Å²) in [6.07, 6.45) is 0. The zero-order valence-corrected chi connectivity index (χ0v) is 14.9. The molecular weight excluding hydrogens is 326 g/mol. The van der Waals surface area contributed by atoms with E-state index in [1.807, 2.05) is 44.2 Å². The number of benzene rings is 1. The number of rotatable bonds is 7. The normalized spacial score (nSPS) is 10.5. The molecule has 1 aromatic heterocycles. The van der Waals surface area contributed by atoms with E-state index in [-0.39, 0.29) is 23.4 Å². The van der Waals surface area contributed by atoms with E-state index in [9.17, 15) is 9.59 Å². The third-order valence-electron chi connectivity index (χ3n) is 3.14. The molecular formula is C17H21N3O3S. The van der Waals surface area contributed by atoms with Crippen molar-refractivity contribution in [1.29, 1.82) is 0 Å². The molecule has 1 heterocycles. The van der Waals surface area contributed by atoms with Crippen LogP contribution in [0.2, 0.25) is 0 Å². The van der Waals surface area contributed by atoms with E-state index >= 15 is 0 Å². The highest BCUT2D eigenvalue weighted by Crippen LogP contribution is 2.18. The zero-order chi connectivity index (χ0) is 17.5. The summed E-state index contributed by atoms with van der Waals surface area (Å²) >= 11 is 1.22. The third-order valence-corrected chi connectivity index (χ3v) is 4.04. The summed E-state index contributed by atoms with van der Waals surface area (Å²) in [5, 5.41) is 7.26. The first-order valence-electron chi connectivity index (χ1n) is 7.66. The molecule has 0 aliphatic rings. The Morgan fingerprint density at radius 1 is 1.21 bits per heavy atom. The molecule has 2 aromatic rings. The van der Waals surface area contributed by atoms with E-state index in [4.69, 9.17) is 4.74 Å². The van der Waals surface area contributed by atoms with Crippen LogP contribution in [0.1, 0.15) is 18.2 Å². The number of carbonyl (C=O) groups is 2. The van der Waals surface area contributed by atoms with Gasteiger partial charge in [-0.05, 0) is 32.9 Å².